The normalized spacial score (nSPS) is 17.9. The van der Waals surface area contributed by atoms with Gasteiger partial charge >= 0.3 is 6.18 Å². The van der Waals surface area contributed by atoms with Crippen LogP contribution in [0.4, 0.5) is 13.2 Å². The Hall–Kier alpha value is -1.63. The molecule has 0 unspecified atom stereocenters. The highest BCUT2D eigenvalue weighted by atomic mass is 32.2. The molecule has 0 bridgehead atoms. The van der Waals surface area contributed by atoms with Crippen molar-refractivity contribution in [2.75, 3.05) is 0 Å². The maximum atomic E-state index is 13.1. The topological polar surface area (TPSA) is 108 Å². The van der Waals surface area contributed by atoms with Gasteiger partial charge in [0.15, 0.2) is 36.3 Å². The van der Waals surface area contributed by atoms with E-state index in [4.69, 9.17) is 4.84 Å². The standard InChI is InChI=1S/C11H14F3N3O5S2/c1-10(2)4-7(16-22-10)24(20,21)5-6-8(11(12,13)14)15-17(3)9(6)23(18)19/h23H,4-5H2,1-3H3. The van der Waals surface area contributed by atoms with Crippen LogP contribution in [0.25, 0.3) is 0 Å². The smallest absolute Gasteiger partial charge is 0.389 e. The fourth-order valence-electron chi connectivity index (χ4n) is 2.19. The van der Waals surface area contributed by atoms with Gasteiger partial charge in [-0.3, -0.25) is 4.68 Å². The number of hydrogen-bond donors (Lipinski definition) is 1. The van der Waals surface area contributed by atoms with E-state index in [1.54, 1.807) is 13.8 Å². The van der Waals surface area contributed by atoms with Crippen molar-refractivity contribution in [2.45, 2.75) is 42.8 Å². The summed E-state index contributed by atoms with van der Waals surface area (Å²) >= 11 is 0. The molecule has 2 rings (SSSR count). The van der Waals surface area contributed by atoms with Crippen LogP contribution < -0.4 is 0 Å². The molecule has 1 aromatic heterocycles. The molecule has 136 valence electrons. The highest BCUT2D eigenvalue weighted by molar-refractivity contribution is 8.05. The average molecular weight is 389 g/mol. The molecular formula is C11H14F3N3O5S2. The van der Waals surface area contributed by atoms with Crippen molar-refractivity contribution in [2.24, 2.45) is 12.2 Å². The van der Waals surface area contributed by atoms with Crippen LogP contribution in [0.3, 0.4) is 0 Å². The maximum Gasteiger partial charge on any atom is 0.435 e. The molecule has 0 saturated heterocycles. The molecule has 24 heavy (non-hydrogen) atoms. The molecule has 1 aromatic rings. The molecule has 0 radical (unpaired) electrons. The van der Waals surface area contributed by atoms with Crippen molar-refractivity contribution >= 4 is 25.6 Å². The monoisotopic (exact) mass is 389 g/mol. The molecule has 0 saturated carbocycles. The van der Waals surface area contributed by atoms with Crippen molar-refractivity contribution in [1.29, 1.82) is 0 Å². The van der Waals surface area contributed by atoms with Crippen LogP contribution in [0.1, 0.15) is 31.5 Å². The van der Waals surface area contributed by atoms with Crippen molar-refractivity contribution in [1.82, 2.24) is 9.78 Å². The van der Waals surface area contributed by atoms with Crippen LogP contribution in [-0.2, 0) is 44.4 Å². The van der Waals surface area contributed by atoms with E-state index < -0.39 is 59.4 Å². The first kappa shape index (κ1) is 18.7. The number of oxime groups is 1. The Bertz CT molecular complexity index is 873. The molecular weight excluding hydrogens is 375 g/mol. The quantitative estimate of drug-likeness (QED) is 0.768. The fraction of sp³-hybridized carbons (Fsp3) is 0.636. The zero-order valence-corrected chi connectivity index (χ0v) is 14.5. The third-order valence-electron chi connectivity index (χ3n) is 3.22. The zero-order valence-electron chi connectivity index (χ0n) is 12.8. The van der Waals surface area contributed by atoms with Gasteiger partial charge in [0.2, 0.25) is 0 Å². The second kappa shape index (κ2) is 5.72. The first-order chi connectivity index (χ1) is 10.7. The second-order valence-electron chi connectivity index (χ2n) is 5.80. The highest BCUT2D eigenvalue weighted by Crippen LogP contribution is 2.35. The number of rotatable bonds is 3. The third-order valence-corrected chi connectivity index (χ3v) is 5.73. The second-order valence-corrected chi connectivity index (χ2v) is 8.73. The first-order valence-corrected chi connectivity index (χ1v) is 9.33. The van der Waals surface area contributed by atoms with E-state index in [-0.39, 0.29) is 6.42 Å². The van der Waals surface area contributed by atoms with Gasteiger partial charge in [-0.15, -0.1) is 0 Å². The number of thiol groups is 1. The van der Waals surface area contributed by atoms with Crippen molar-refractivity contribution in [3.05, 3.63) is 11.3 Å². The van der Waals surface area contributed by atoms with E-state index in [0.717, 1.165) is 7.05 Å². The van der Waals surface area contributed by atoms with Gasteiger partial charge in [0, 0.05) is 19.0 Å². The summed E-state index contributed by atoms with van der Waals surface area (Å²) in [5.74, 6) is -1.19. The van der Waals surface area contributed by atoms with E-state index in [2.05, 4.69) is 10.3 Å². The van der Waals surface area contributed by atoms with Crippen LogP contribution in [0.2, 0.25) is 0 Å². The minimum atomic E-state index is -5.00. The van der Waals surface area contributed by atoms with E-state index in [9.17, 15) is 30.0 Å². The van der Waals surface area contributed by atoms with E-state index in [1.807, 2.05) is 0 Å². The van der Waals surface area contributed by atoms with Crippen LogP contribution in [0, 0.1) is 0 Å². The molecule has 2 heterocycles. The Morgan fingerprint density at radius 1 is 1.33 bits per heavy atom. The minimum Gasteiger partial charge on any atom is -0.389 e. The number of sulfone groups is 1. The molecule has 0 amide bonds. The Labute approximate surface area is 137 Å². The van der Waals surface area contributed by atoms with Crippen molar-refractivity contribution < 1.29 is 34.8 Å². The molecule has 0 fully saturated rings. The summed E-state index contributed by atoms with van der Waals surface area (Å²) in [6.07, 6.45) is -5.13. The predicted molar refractivity (Wildman–Crippen MR) is 76.6 cm³/mol. The van der Waals surface area contributed by atoms with Gasteiger partial charge in [-0.05, 0) is 13.8 Å². The number of nitrogens with zero attached hydrogens (tertiary/aromatic N) is 3. The van der Waals surface area contributed by atoms with Crippen LogP contribution in [0.15, 0.2) is 10.2 Å². The summed E-state index contributed by atoms with van der Waals surface area (Å²) in [5, 5.41) is 5.27. The minimum absolute atomic E-state index is 0.129. The zero-order chi connectivity index (χ0) is 18.5. The lowest BCUT2D eigenvalue weighted by Crippen LogP contribution is -2.24. The largest absolute Gasteiger partial charge is 0.435 e. The van der Waals surface area contributed by atoms with E-state index in [0.29, 0.717) is 4.68 Å². The van der Waals surface area contributed by atoms with E-state index >= 15 is 0 Å². The van der Waals surface area contributed by atoms with Gasteiger partial charge in [-0.2, -0.15) is 18.3 Å². The molecule has 0 aliphatic carbocycles. The van der Waals surface area contributed by atoms with Gasteiger partial charge < -0.3 is 4.84 Å². The number of aromatic nitrogens is 2. The van der Waals surface area contributed by atoms with E-state index in [1.165, 1.54) is 0 Å². The van der Waals surface area contributed by atoms with Gasteiger partial charge in [0.1, 0.15) is 5.60 Å². The summed E-state index contributed by atoms with van der Waals surface area (Å²) < 4.78 is 86.9. The number of hydrogen-bond acceptors (Lipinski definition) is 7. The molecule has 0 aromatic carbocycles. The maximum absolute atomic E-state index is 13.1. The number of halogens is 3. The van der Waals surface area contributed by atoms with Crippen molar-refractivity contribution in [3.63, 3.8) is 0 Å². The molecule has 8 nitrogen and oxygen atoms in total. The molecule has 0 N–H and O–H groups in total. The van der Waals surface area contributed by atoms with Crippen LogP contribution in [0.5, 0.6) is 0 Å². The number of aryl methyl sites for hydroxylation is 1. The summed E-state index contributed by atoms with van der Waals surface area (Å²) in [4.78, 5) is 4.90. The Kier molecular flexibility index (Phi) is 4.46. The Balaban J connectivity index is 2.53. The molecule has 1 aliphatic rings. The number of alkyl halides is 3. The summed E-state index contributed by atoms with van der Waals surface area (Å²) in [7, 11) is -6.80. The van der Waals surface area contributed by atoms with Crippen LogP contribution >= 0.6 is 0 Å². The summed E-state index contributed by atoms with van der Waals surface area (Å²) in [6, 6.07) is 0. The van der Waals surface area contributed by atoms with Gasteiger partial charge in [-0.25, -0.2) is 16.8 Å². The lowest BCUT2D eigenvalue weighted by atomic mass is 10.1. The van der Waals surface area contributed by atoms with Gasteiger partial charge in [-0.1, -0.05) is 5.16 Å². The van der Waals surface area contributed by atoms with Crippen molar-refractivity contribution in [3.8, 4) is 0 Å². The summed E-state index contributed by atoms with van der Waals surface area (Å²) in [6.45, 7) is 3.12. The lowest BCUT2D eigenvalue weighted by molar-refractivity contribution is -0.141. The molecule has 0 atom stereocenters. The first-order valence-electron chi connectivity index (χ1n) is 6.50. The van der Waals surface area contributed by atoms with Gasteiger partial charge in [0.25, 0.3) is 0 Å². The molecule has 13 heteroatoms. The van der Waals surface area contributed by atoms with Gasteiger partial charge in [0.05, 0.1) is 5.75 Å². The Morgan fingerprint density at radius 2 is 1.92 bits per heavy atom. The fourth-order valence-corrected chi connectivity index (χ4v) is 4.52. The molecule has 0 spiro atoms. The molecule has 1 aliphatic heterocycles. The third kappa shape index (κ3) is 3.55. The van der Waals surface area contributed by atoms with Crippen LogP contribution in [-0.4, -0.2) is 37.3 Å². The average Bonchev–Trinajstić information content (AvgIpc) is 2.89. The SMILES string of the molecule is Cn1nc(C(F)(F)F)c(CS(=O)(=O)C2=NOC(C)(C)C2)c1[SH](=O)=O. The summed E-state index contributed by atoms with van der Waals surface area (Å²) in [5.41, 5.74) is -3.38. The highest BCUT2D eigenvalue weighted by Gasteiger charge is 2.43. The lowest BCUT2D eigenvalue weighted by Gasteiger charge is -2.13. The Morgan fingerprint density at radius 3 is 2.33 bits per heavy atom. The predicted octanol–water partition coefficient (Wildman–Crippen LogP) is 0.836.